The number of benzene rings is 1. The lowest BCUT2D eigenvalue weighted by Gasteiger charge is -2.24. The van der Waals surface area contributed by atoms with Crippen molar-refractivity contribution in [2.45, 2.75) is 31.6 Å². The highest BCUT2D eigenvalue weighted by Crippen LogP contribution is 2.29. The lowest BCUT2D eigenvalue weighted by Crippen LogP contribution is -2.34. The quantitative estimate of drug-likeness (QED) is 0.802. The zero-order valence-corrected chi connectivity index (χ0v) is 13.8. The molecule has 114 valence electrons. The van der Waals surface area contributed by atoms with Crippen molar-refractivity contribution in [1.82, 2.24) is 4.72 Å². The summed E-state index contributed by atoms with van der Waals surface area (Å²) < 4.78 is 27.0. The van der Waals surface area contributed by atoms with Crippen molar-refractivity contribution in [3.05, 3.63) is 28.2 Å². The first kappa shape index (κ1) is 17.7. The molecule has 0 aliphatic heterocycles. The summed E-state index contributed by atoms with van der Waals surface area (Å²) in [5.41, 5.74) is -0.249. The maximum absolute atomic E-state index is 12.2. The van der Waals surface area contributed by atoms with Gasteiger partial charge in [-0.05, 0) is 30.4 Å². The maximum atomic E-state index is 12.2. The molecular weight excluding hydrogens is 321 g/mol. The van der Waals surface area contributed by atoms with Gasteiger partial charge >= 0.3 is 0 Å². The van der Waals surface area contributed by atoms with E-state index in [-0.39, 0.29) is 33.5 Å². The second-order valence-corrected chi connectivity index (χ2v) is 7.89. The van der Waals surface area contributed by atoms with Gasteiger partial charge in [0, 0.05) is 13.2 Å². The van der Waals surface area contributed by atoms with Gasteiger partial charge in [-0.1, -0.05) is 43.1 Å². The van der Waals surface area contributed by atoms with Gasteiger partial charge in [0.25, 0.3) is 0 Å². The first-order valence-corrected chi connectivity index (χ1v) is 8.48. The van der Waals surface area contributed by atoms with E-state index in [1.807, 2.05) is 13.8 Å². The highest BCUT2D eigenvalue weighted by Gasteiger charge is 2.24. The van der Waals surface area contributed by atoms with E-state index in [2.05, 4.69) is 4.72 Å². The number of halogens is 2. The molecule has 0 unspecified atom stereocenters. The molecule has 1 aromatic carbocycles. The van der Waals surface area contributed by atoms with Gasteiger partial charge in [-0.3, -0.25) is 0 Å². The number of hydrogen-bond donors (Lipinski definition) is 2. The molecule has 0 atom stereocenters. The third-order valence-corrected chi connectivity index (χ3v) is 5.33. The number of hydrogen-bond acceptors (Lipinski definition) is 3. The topological polar surface area (TPSA) is 66.4 Å². The van der Waals surface area contributed by atoms with Crippen molar-refractivity contribution < 1.29 is 13.5 Å². The maximum Gasteiger partial charge on any atom is 0.242 e. The molecule has 0 amide bonds. The molecule has 4 nitrogen and oxygen atoms in total. The molecule has 0 heterocycles. The normalized spacial score (nSPS) is 12.7. The summed E-state index contributed by atoms with van der Waals surface area (Å²) in [6.45, 7) is 4.23. The number of aliphatic hydroxyl groups is 1. The Hall–Kier alpha value is -0.330. The highest BCUT2D eigenvalue weighted by atomic mass is 35.5. The van der Waals surface area contributed by atoms with Crippen LogP contribution in [0, 0.1) is 5.41 Å². The third-order valence-electron chi connectivity index (χ3n) is 2.96. The summed E-state index contributed by atoms with van der Waals surface area (Å²) in [5.74, 6) is 0. The summed E-state index contributed by atoms with van der Waals surface area (Å²) in [6, 6.07) is 4.49. The first-order valence-electron chi connectivity index (χ1n) is 6.24. The summed E-state index contributed by atoms with van der Waals surface area (Å²) >= 11 is 11.8. The lowest BCUT2D eigenvalue weighted by atomic mass is 9.88. The summed E-state index contributed by atoms with van der Waals surface area (Å²) in [6.07, 6.45) is 1.35. The molecule has 0 saturated heterocycles. The van der Waals surface area contributed by atoms with Crippen molar-refractivity contribution in [2.75, 3.05) is 13.2 Å². The fourth-order valence-corrected chi connectivity index (χ4v) is 3.71. The van der Waals surface area contributed by atoms with Crippen LogP contribution in [-0.4, -0.2) is 26.7 Å². The molecule has 0 aliphatic carbocycles. The molecular formula is C13H19Cl2NO3S. The van der Waals surface area contributed by atoms with E-state index in [0.29, 0.717) is 6.42 Å². The summed E-state index contributed by atoms with van der Waals surface area (Å²) in [5, 5.41) is 9.06. The zero-order valence-electron chi connectivity index (χ0n) is 11.5. The molecule has 0 aromatic heterocycles. The molecule has 2 N–H and O–H groups in total. The van der Waals surface area contributed by atoms with Gasteiger partial charge in [0.2, 0.25) is 10.0 Å². The minimum absolute atomic E-state index is 0.0230. The Balaban J connectivity index is 2.83. The summed E-state index contributed by atoms with van der Waals surface area (Å²) in [7, 11) is -3.70. The predicted molar refractivity (Wildman–Crippen MR) is 81.8 cm³/mol. The van der Waals surface area contributed by atoms with E-state index in [0.717, 1.165) is 6.42 Å². The molecule has 1 aromatic rings. The Morgan fingerprint density at radius 2 is 1.95 bits per heavy atom. The average molecular weight is 340 g/mol. The smallest absolute Gasteiger partial charge is 0.242 e. The van der Waals surface area contributed by atoms with Crippen LogP contribution in [0.4, 0.5) is 0 Å². The number of sulfonamides is 1. The average Bonchev–Trinajstić information content (AvgIpc) is 2.37. The standard InChI is InChI=1S/C13H19Cl2NO3S/c1-13(2,7-4-8-17)9-16-20(18,19)11-6-3-5-10(14)12(11)15/h3,5-6,16-17H,4,7-9H2,1-2H3. The van der Waals surface area contributed by atoms with E-state index in [1.165, 1.54) is 12.1 Å². The molecule has 0 spiro atoms. The lowest BCUT2D eigenvalue weighted by molar-refractivity contribution is 0.242. The van der Waals surface area contributed by atoms with Crippen LogP contribution in [-0.2, 0) is 10.0 Å². The van der Waals surface area contributed by atoms with Crippen LogP contribution in [0.15, 0.2) is 23.1 Å². The molecule has 0 radical (unpaired) electrons. The van der Waals surface area contributed by atoms with Crippen molar-refractivity contribution in [1.29, 1.82) is 0 Å². The Morgan fingerprint density at radius 3 is 2.55 bits per heavy atom. The van der Waals surface area contributed by atoms with Gasteiger partial charge in [0.1, 0.15) is 4.90 Å². The minimum atomic E-state index is -3.70. The van der Waals surface area contributed by atoms with E-state index in [1.54, 1.807) is 6.07 Å². The van der Waals surface area contributed by atoms with Gasteiger partial charge < -0.3 is 5.11 Å². The van der Waals surface area contributed by atoms with Crippen LogP contribution in [0.5, 0.6) is 0 Å². The van der Waals surface area contributed by atoms with Gasteiger partial charge in [-0.25, -0.2) is 13.1 Å². The summed E-state index contributed by atoms with van der Waals surface area (Å²) in [4.78, 5) is -0.0235. The number of aliphatic hydroxyl groups excluding tert-OH is 1. The first-order chi connectivity index (χ1) is 9.19. The van der Waals surface area contributed by atoms with Crippen LogP contribution < -0.4 is 4.72 Å². The van der Waals surface area contributed by atoms with E-state index in [4.69, 9.17) is 28.3 Å². The van der Waals surface area contributed by atoms with Crippen LogP contribution in [0.3, 0.4) is 0 Å². The van der Waals surface area contributed by atoms with Crippen LogP contribution in [0.2, 0.25) is 10.0 Å². The molecule has 1 rings (SSSR count). The predicted octanol–water partition coefficient (Wildman–Crippen LogP) is 3.07. The van der Waals surface area contributed by atoms with Crippen molar-refractivity contribution in [3.8, 4) is 0 Å². The molecule has 0 fully saturated rings. The van der Waals surface area contributed by atoms with Gasteiger partial charge in [-0.2, -0.15) is 0 Å². The van der Waals surface area contributed by atoms with E-state index < -0.39 is 10.0 Å². The second kappa shape index (κ2) is 7.09. The SMILES string of the molecule is CC(C)(CCCO)CNS(=O)(=O)c1cccc(Cl)c1Cl. The van der Waals surface area contributed by atoms with Crippen molar-refractivity contribution in [2.24, 2.45) is 5.41 Å². The third kappa shape index (κ3) is 4.90. The zero-order chi connectivity index (χ0) is 15.4. The Morgan fingerprint density at radius 1 is 1.30 bits per heavy atom. The molecule has 0 saturated carbocycles. The van der Waals surface area contributed by atoms with Crippen LogP contribution in [0.1, 0.15) is 26.7 Å². The van der Waals surface area contributed by atoms with Gasteiger partial charge in [0.05, 0.1) is 10.0 Å². The fraction of sp³-hybridized carbons (Fsp3) is 0.538. The van der Waals surface area contributed by atoms with E-state index >= 15 is 0 Å². The Bertz CT molecular complexity index is 559. The van der Waals surface area contributed by atoms with Crippen LogP contribution >= 0.6 is 23.2 Å². The second-order valence-electron chi connectivity index (χ2n) is 5.37. The number of rotatable bonds is 7. The molecule has 0 aliphatic rings. The fourth-order valence-electron chi connectivity index (χ4n) is 1.71. The van der Waals surface area contributed by atoms with E-state index in [9.17, 15) is 8.42 Å². The molecule has 20 heavy (non-hydrogen) atoms. The highest BCUT2D eigenvalue weighted by molar-refractivity contribution is 7.89. The molecule has 7 heteroatoms. The van der Waals surface area contributed by atoms with Gasteiger partial charge in [-0.15, -0.1) is 0 Å². The monoisotopic (exact) mass is 339 g/mol. The number of nitrogens with one attached hydrogen (secondary N) is 1. The van der Waals surface area contributed by atoms with Crippen molar-refractivity contribution >= 4 is 33.2 Å². The Kier molecular flexibility index (Phi) is 6.28. The Labute approximate surface area is 130 Å². The largest absolute Gasteiger partial charge is 0.396 e. The minimum Gasteiger partial charge on any atom is -0.396 e. The van der Waals surface area contributed by atoms with Crippen LogP contribution in [0.25, 0.3) is 0 Å². The van der Waals surface area contributed by atoms with Crippen molar-refractivity contribution in [3.63, 3.8) is 0 Å². The van der Waals surface area contributed by atoms with Gasteiger partial charge in [0.15, 0.2) is 0 Å². The molecule has 0 bridgehead atoms.